The number of carbonyl (C=O) groups is 1. The predicted molar refractivity (Wildman–Crippen MR) is 117 cm³/mol. The zero-order valence-electron chi connectivity index (χ0n) is 16.8. The Kier molecular flexibility index (Phi) is 5.88. The molecule has 2 heterocycles. The van der Waals surface area contributed by atoms with Crippen molar-refractivity contribution in [3.8, 4) is 33.3 Å². The maximum absolute atomic E-state index is 10.8. The Morgan fingerprint density at radius 1 is 1.19 bits per heavy atom. The fraction of sp³-hybridized carbons (Fsp3) is 0.227. The number of hydrogen-bond donors (Lipinski definition) is 4. The van der Waals surface area contributed by atoms with Gasteiger partial charge in [-0.05, 0) is 30.2 Å². The fourth-order valence-corrected chi connectivity index (χ4v) is 4.45. The quantitative estimate of drug-likeness (QED) is 0.322. The number of benzene rings is 2. The van der Waals surface area contributed by atoms with Gasteiger partial charge in [-0.1, -0.05) is 25.5 Å². The molecule has 0 amide bonds. The van der Waals surface area contributed by atoms with E-state index in [2.05, 4.69) is 10.2 Å². The molecule has 0 fully saturated rings. The van der Waals surface area contributed by atoms with Gasteiger partial charge >= 0.3 is 5.97 Å². The van der Waals surface area contributed by atoms with Crippen molar-refractivity contribution in [1.82, 2.24) is 15.2 Å². The third-order valence-corrected chi connectivity index (χ3v) is 5.85. The van der Waals surface area contributed by atoms with Crippen molar-refractivity contribution in [3.63, 3.8) is 0 Å². The molecule has 4 N–H and O–H groups in total. The molecule has 4 aromatic rings. The SMILES string of the molecule is CCCc1cc(-c2n[nH]c(COCC(=O)O)c2-c2nc3ccccc3s2)c(O)cc1O. The van der Waals surface area contributed by atoms with Gasteiger partial charge in [0.05, 0.1) is 28.1 Å². The van der Waals surface area contributed by atoms with E-state index in [4.69, 9.17) is 14.8 Å². The standard InChI is InChI=1S/C22H21N3O5S/c1-2-5-12-8-13(17(27)9-16(12)26)21-20(15(24-25-21)10-30-11-19(28)29)22-23-14-6-3-4-7-18(14)31-22/h3-4,6-9,26-27H,2,5,10-11H2,1H3,(H,24,25)(H,28,29). The number of rotatable bonds is 8. The minimum Gasteiger partial charge on any atom is -0.508 e. The second-order valence-corrected chi connectivity index (χ2v) is 8.08. The first-order valence-electron chi connectivity index (χ1n) is 9.75. The lowest BCUT2D eigenvalue weighted by Crippen LogP contribution is -2.07. The zero-order valence-corrected chi connectivity index (χ0v) is 17.6. The number of aromatic hydroxyl groups is 2. The molecule has 0 saturated carbocycles. The highest BCUT2D eigenvalue weighted by Crippen LogP contribution is 2.42. The van der Waals surface area contributed by atoms with E-state index in [-0.39, 0.29) is 18.1 Å². The van der Waals surface area contributed by atoms with Crippen LogP contribution in [-0.2, 0) is 22.6 Å². The molecule has 0 unspecified atom stereocenters. The van der Waals surface area contributed by atoms with Gasteiger partial charge in [0.2, 0.25) is 0 Å². The number of carboxylic acids is 1. The minimum atomic E-state index is -1.07. The van der Waals surface area contributed by atoms with Crippen LogP contribution in [0, 0.1) is 0 Å². The lowest BCUT2D eigenvalue weighted by Gasteiger charge is -2.10. The Morgan fingerprint density at radius 2 is 2.00 bits per heavy atom. The first-order valence-corrected chi connectivity index (χ1v) is 10.6. The Balaban J connectivity index is 1.86. The molecule has 0 atom stereocenters. The number of aromatic amines is 1. The monoisotopic (exact) mass is 439 g/mol. The van der Waals surface area contributed by atoms with E-state index in [9.17, 15) is 15.0 Å². The maximum atomic E-state index is 10.8. The summed E-state index contributed by atoms with van der Waals surface area (Å²) in [5.41, 5.74) is 3.64. The molecule has 31 heavy (non-hydrogen) atoms. The average Bonchev–Trinajstić information content (AvgIpc) is 3.33. The van der Waals surface area contributed by atoms with Crippen LogP contribution in [0.15, 0.2) is 36.4 Å². The molecule has 0 radical (unpaired) electrons. The number of nitrogens with zero attached hydrogens (tertiary/aromatic N) is 2. The Hall–Kier alpha value is -3.43. The van der Waals surface area contributed by atoms with E-state index >= 15 is 0 Å². The van der Waals surface area contributed by atoms with E-state index in [0.29, 0.717) is 39.5 Å². The van der Waals surface area contributed by atoms with Crippen molar-refractivity contribution < 1.29 is 24.9 Å². The van der Waals surface area contributed by atoms with Gasteiger partial charge in [-0.2, -0.15) is 5.10 Å². The van der Waals surface area contributed by atoms with Crippen molar-refractivity contribution in [2.45, 2.75) is 26.4 Å². The summed E-state index contributed by atoms with van der Waals surface area (Å²) < 4.78 is 6.27. The normalized spacial score (nSPS) is 11.3. The van der Waals surface area contributed by atoms with Crippen LogP contribution >= 0.6 is 11.3 Å². The lowest BCUT2D eigenvalue weighted by molar-refractivity contribution is -0.142. The molecule has 2 aromatic heterocycles. The average molecular weight is 439 g/mol. The summed E-state index contributed by atoms with van der Waals surface area (Å²) in [7, 11) is 0. The number of thiazole rings is 1. The summed E-state index contributed by atoms with van der Waals surface area (Å²) in [6.45, 7) is 1.55. The molecule has 9 heteroatoms. The summed E-state index contributed by atoms with van der Waals surface area (Å²) >= 11 is 1.47. The second-order valence-electron chi connectivity index (χ2n) is 7.05. The number of hydrogen-bond acceptors (Lipinski definition) is 7. The summed E-state index contributed by atoms with van der Waals surface area (Å²) in [5.74, 6) is -1.14. The van der Waals surface area contributed by atoms with Crippen molar-refractivity contribution in [1.29, 1.82) is 0 Å². The van der Waals surface area contributed by atoms with Crippen molar-refractivity contribution in [3.05, 3.63) is 47.7 Å². The largest absolute Gasteiger partial charge is 0.508 e. The first kappa shape index (κ1) is 20.8. The molecular formula is C22H21N3O5S. The van der Waals surface area contributed by atoms with Gasteiger partial charge in [0.15, 0.2) is 0 Å². The van der Waals surface area contributed by atoms with Gasteiger partial charge in [0.1, 0.15) is 28.8 Å². The van der Waals surface area contributed by atoms with Crippen LogP contribution in [0.5, 0.6) is 11.5 Å². The maximum Gasteiger partial charge on any atom is 0.329 e. The van der Waals surface area contributed by atoms with E-state index in [1.165, 1.54) is 17.4 Å². The number of fused-ring (bicyclic) bond motifs is 1. The number of phenols is 2. The van der Waals surface area contributed by atoms with E-state index in [1.807, 2.05) is 31.2 Å². The molecule has 0 bridgehead atoms. The van der Waals surface area contributed by atoms with Crippen LogP contribution in [-0.4, -0.2) is 43.1 Å². The number of phenolic OH excluding ortho intramolecular Hbond substituents is 2. The van der Waals surface area contributed by atoms with E-state index < -0.39 is 12.6 Å². The van der Waals surface area contributed by atoms with Crippen molar-refractivity contribution in [2.75, 3.05) is 6.61 Å². The smallest absolute Gasteiger partial charge is 0.329 e. The van der Waals surface area contributed by atoms with Gasteiger partial charge in [-0.25, -0.2) is 9.78 Å². The van der Waals surface area contributed by atoms with Crippen LogP contribution < -0.4 is 0 Å². The molecule has 0 saturated heterocycles. The fourth-order valence-electron chi connectivity index (χ4n) is 3.41. The van der Waals surface area contributed by atoms with Gasteiger partial charge in [-0.3, -0.25) is 5.10 Å². The number of aryl methyl sites for hydroxylation is 1. The number of ether oxygens (including phenoxy) is 1. The Morgan fingerprint density at radius 3 is 2.74 bits per heavy atom. The second kappa shape index (κ2) is 8.75. The summed E-state index contributed by atoms with van der Waals surface area (Å²) in [6.07, 6.45) is 1.48. The van der Waals surface area contributed by atoms with Crippen LogP contribution in [0.2, 0.25) is 0 Å². The number of aromatic nitrogens is 3. The number of para-hydroxylation sites is 1. The van der Waals surface area contributed by atoms with Gasteiger partial charge in [0.25, 0.3) is 0 Å². The van der Waals surface area contributed by atoms with Gasteiger partial charge in [-0.15, -0.1) is 11.3 Å². The zero-order chi connectivity index (χ0) is 22.0. The molecule has 0 spiro atoms. The van der Waals surface area contributed by atoms with Crippen LogP contribution in [0.3, 0.4) is 0 Å². The highest BCUT2D eigenvalue weighted by atomic mass is 32.1. The Bertz CT molecular complexity index is 1210. The van der Waals surface area contributed by atoms with Crippen LogP contribution in [0.4, 0.5) is 0 Å². The predicted octanol–water partition coefficient (Wildman–Crippen LogP) is 4.32. The number of carboxylic acid groups (broad SMARTS) is 1. The molecule has 0 aliphatic rings. The number of nitrogens with one attached hydrogen (secondary N) is 1. The first-order chi connectivity index (χ1) is 15.0. The van der Waals surface area contributed by atoms with Crippen LogP contribution in [0.1, 0.15) is 24.6 Å². The van der Waals surface area contributed by atoms with Gasteiger partial charge < -0.3 is 20.1 Å². The van der Waals surface area contributed by atoms with Crippen LogP contribution in [0.25, 0.3) is 32.0 Å². The van der Waals surface area contributed by atoms with Gasteiger partial charge in [0, 0.05) is 11.6 Å². The highest BCUT2D eigenvalue weighted by Gasteiger charge is 2.23. The molecule has 4 rings (SSSR count). The van der Waals surface area contributed by atoms with E-state index in [0.717, 1.165) is 16.6 Å². The van der Waals surface area contributed by atoms with E-state index in [1.54, 1.807) is 6.07 Å². The molecular weight excluding hydrogens is 418 g/mol. The number of aliphatic carboxylic acids is 1. The lowest BCUT2D eigenvalue weighted by atomic mass is 9.99. The molecule has 0 aliphatic carbocycles. The molecule has 160 valence electrons. The topological polar surface area (TPSA) is 129 Å². The third-order valence-electron chi connectivity index (χ3n) is 4.79. The molecule has 2 aromatic carbocycles. The third kappa shape index (κ3) is 4.23. The minimum absolute atomic E-state index is 0.00871. The molecule has 8 nitrogen and oxygen atoms in total. The summed E-state index contributed by atoms with van der Waals surface area (Å²) in [4.78, 5) is 15.6. The van der Waals surface area contributed by atoms with Crippen molar-refractivity contribution in [2.24, 2.45) is 0 Å². The highest BCUT2D eigenvalue weighted by molar-refractivity contribution is 7.21. The number of H-pyrrole nitrogens is 1. The summed E-state index contributed by atoms with van der Waals surface area (Å²) in [5, 5.41) is 37.6. The van der Waals surface area contributed by atoms with Crippen molar-refractivity contribution >= 4 is 27.5 Å². The summed E-state index contributed by atoms with van der Waals surface area (Å²) in [6, 6.07) is 10.8. The Labute approximate surface area is 181 Å². The molecule has 0 aliphatic heterocycles.